The van der Waals surface area contributed by atoms with Crippen LogP contribution in [-0.4, -0.2) is 20.9 Å². The van der Waals surface area contributed by atoms with Crippen LogP contribution >= 0.6 is 0 Å². The Balaban J connectivity index is 0.000000276. The van der Waals surface area contributed by atoms with Crippen LogP contribution < -0.4 is 0 Å². The molecule has 5 nitrogen and oxygen atoms in total. The fraction of sp³-hybridized carbons (Fsp3) is 0.367. The van der Waals surface area contributed by atoms with Crippen molar-refractivity contribution in [3.8, 4) is 33.7 Å². The van der Waals surface area contributed by atoms with E-state index in [4.69, 9.17) is 14.4 Å². The molecule has 3 aromatic heterocycles. The average Bonchev–Trinajstić information content (AvgIpc) is 3.59. The van der Waals surface area contributed by atoms with Gasteiger partial charge in [0.2, 0.25) is 0 Å². The van der Waals surface area contributed by atoms with E-state index in [9.17, 15) is 9.90 Å². The molecule has 0 saturated heterocycles. The Labute approximate surface area is 341 Å². The zero-order valence-electron chi connectivity index (χ0n) is 33.7. The first kappa shape index (κ1) is 41.8. The summed E-state index contributed by atoms with van der Waals surface area (Å²) in [5.74, 6) is 1.82. The first-order valence-corrected chi connectivity index (χ1v) is 19.8. The second-order valence-corrected chi connectivity index (χ2v) is 15.8. The first-order chi connectivity index (χ1) is 25.9. The number of aliphatic hydroxyl groups excluding tert-OH is 1. The zero-order valence-corrected chi connectivity index (χ0v) is 36.1. The van der Waals surface area contributed by atoms with Crippen molar-refractivity contribution in [3.63, 3.8) is 0 Å². The predicted molar refractivity (Wildman–Crippen MR) is 224 cm³/mol. The number of hydrogen-bond donors (Lipinski definition) is 1. The van der Waals surface area contributed by atoms with Gasteiger partial charge in [0, 0.05) is 71.6 Å². The number of hydrogen-bond acceptors (Lipinski definition) is 5. The minimum absolute atomic E-state index is 0. The molecule has 1 N–H and O–H groups in total. The summed E-state index contributed by atoms with van der Waals surface area (Å²) >= 11 is 0. The Bertz CT molecular complexity index is 2290. The van der Waals surface area contributed by atoms with E-state index in [0.29, 0.717) is 5.92 Å². The van der Waals surface area contributed by atoms with E-state index in [1.165, 1.54) is 33.7 Å². The minimum atomic E-state index is -0.337. The number of furan rings is 1. The average molecular weight is 912 g/mol. The molecule has 0 unspecified atom stereocenters. The number of rotatable bonds is 11. The van der Waals surface area contributed by atoms with Gasteiger partial charge in [0.1, 0.15) is 17.1 Å². The number of allylic oxidation sites excluding steroid dienone is 2. The van der Waals surface area contributed by atoms with Gasteiger partial charge in [0.25, 0.3) is 0 Å². The van der Waals surface area contributed by atoms with Gasteiger partial charge in [-0.1, -0.05) is 120 Å². The van der Waals surface area contributed by atoms with Gasteiger partial charge in [-0.25, -0.2) is 0 Å². The smallest absolute Gasteiger partial charge is 0.164 e. The Kier molecular flexibility index (Phi) is 13.4. The van der Waals surface area contributed by atoms with Crippen LogP contribution in [0.4, 0.5) is 0 Å². The van der Waals surface area contributed by atoms with Crippen molar-refractivity contribution in [2.24, 2.45) is 16.7 Å². The van der Waals surface area contributed by atoms with Crippen LogP contribution in [0.2, 0.25) is 0 Å². The molecule has 3 heterocycles. The van der Waals surface area contributed by atoms with Crippen molar-refractivity contribution in [1.29, 1.82) is 0 Å². The fourth-order valence-corrected chi connectivity index (χ4v) is 7.42. The van der Waals surface area contributed by atoms with Crippen LogP contribution in [0.15, 0.2) is 101 Å². The first-order valence-electron chi connectivity index (χ1n) is 19.8. The Morgan fingerprint density at radius 1 is 0.873 bits per heavy atom. The third kappa shape index (κ3) is 8.56. The standard InChI is InChI=1S/C34H27N2O.C15H28O2.Ir/c1-21(2)16-22-17-29-30(36-20-22)13-12-27-32-31(37-34(27)29)14-15-35-33(32)25-18-24-10-6-7-11-26(24)28(19-25)23-8-4-3-5-9-23;1-7-14(5,8-2)12(16)11-13(17)15(6,9-3)10-4;/h3-11,14-15,17,19-21H,12-13,16H2,1-2H3;11,16H,7-10H2,1-6H3;/q-1;;/b;12-11-;. The number of pyridine rings is 2. The molecule has 0 amide bonds. The van der Waals surface area contributed by atoms with Crippen molar-refractivity contribution in [1.82, 2.24) is 9.97 Å². The summed E-state index contributed by atoms with van der Waals surface area (Å²) < 4.78 is 6.55. The number of aromatic nitrogens is 2. The Morgan fingerprint density at radius 3 is 2.22 bits per heavy atom. The van der Waals surface area contributed by atoms with Gasteiger partial charge in [-0.15, -0.1) is 23.6 Å². The van der Waals surface area contributed by atoms with Crippen LogP contribution in [-0.2, 0) is 44.2 Å². The molecule has 1 aliphatic carbocycles. The molecule has 6 aromatic rings. The molecule has 0 saturated carbocycles. The normalized spacial score (nSPS) is 12.9. The predicted octanol–water partition coefficient (Wildman–Crippen LogP) is 13.1. The summed E-state index contributed by atoms with van der Waals surface area (Å²) in [6, 6.07) is 29.2. The SMILES string of the molecule is CC(C)Cc1cnc2c(c1)-c1oc3ccnc(-c4[c-]c5ccccc5c(-c5ccccc5)c4)c3c1CC2.CCC(C)(CC)C(=O)/C=C(\O)C(C)(CC)CC.[Ir]. The minimum Gasteiger partial charge on any atom is -0.512 e. The van der Waals surface area contributed by atoms with Crippen molar-refractivity contribution >= 4 is 27.5 Å². The number of aliphatic hydroxyl groups is 1. The second-order valence-electron chi connectivity index (χ2n) is 15.8. The van der Waals surface area contributed by atoms with Gasteiger partial charge in [-0.05, 0) is 74.1 Å². The van der Waals surface area contributed by atoms with Gasteiger partial charge >= 0.3 is 0 Å². The molecule has 1 aliphatic rings. The summed E-state index contributed by atoms with van der Waals surface area (Å²) in [7, 11) is 0. The number of fused-ring (bicyclic) bond motifs is 6. The molecule has 0 fully saturated rings. The molecule has 1 radical (unpaired) electrons. The largest absolute Gasteiger partial charge is 0.512 e. The fourth-order valence-electron chi connectivity index (χ4n) is 7.42. The van der Waals surface area contributed by atoms with Crippen LogP contribution in [0.5, 0.6) is 0 Å². The maximum Gasteiger partial charge on any atom is 0.164 e. The van der Waals surface area contributed by atoms with Crippen molar-refractivity contribution in [2.75, 3.05) is 0 Å². The molecule has 7 rings (SSSR count). The maximum atomic E-state index is 12.2. The van der Waals surface area contributed by atoms with Crippen LogP contribution in [0.1, 0.15) is 97.9 Å². The van der Waals surface area contributed by atoms with Gasteiger partial charge < -0.3 is 9.52 Å². The van der Waals surface area contributed by atoms with E-state index in [0.717, 1.165) is 89.6 Å². The van der Waals surface area contributed by atoms with Gasteiger partial charge in [-0.2, -0.15) is 0 Å². The maximum absolute atomic E-state index is 12.2. The van der Waals surface area contributed by atoms with E-state index in [2.05, 4.69) is 86.6 Å². The molecule has 0 aliphatic heterocycles. The molecular formula is C49H55IrN2O3-. The van der Waals surface area contributed by atoms with Gasteiger partial charge in [0.15, 0.2) is 5.78 Å². The third-order valence-electron chi connectivity index (χ3n) is 11.9. The summed E-state index contributed by atoms with van der Waals surface area (Å²) in [6.45, 7) is 16.6. The second kappa shape index (κ2) is 17.6. The number of carbonyl (C=O) groups is 1. The number of aryl methyl sites for hydroxylation is 2. The zero-order chi connectivity index (χ0) is 38.6. The molecule has 0 atom stereocenters. The van der Waals surface area contributed by atoms with Crippen LogP contribution in [0.25, 0.3) is 55.4 Å². The van der Waals surface area contributed by atoms with Gasteiger partial charge in [-0.3, -0.25) is 14.8 Å². The molecule has 289 valence electrons. The summed E-state index contributed by atoms with van der Waals surface area (Å²) in [5, 5.41) is 13.5. The molecule has 0 spiro atoms. The Morgan fingerprint density at radius 2 is 1.55 bits per heavy atom. The van der Waals surface area contributed by atoms with Crippen LogP contribution in [0, 0.1) is 22.8 Å². The number of nitrogens with zero attached hydrogens (tertiary/aromatic N) is 2. The summed E-state index contributed by atoms with van der Waals surface area (Å²) in [4.78, 5) is 21.9. The van der Waals surface area contributed by atoms with E-state index < -0.39 is 0 Å². The molecule has 6 heteroatoms. The van der Waals surface area contributed by atoms with Crippen molar-refractivity contribution in [3.05, 3.63) is 120 Å². The third-order valence-corrected chi connectivity index (χ3v) is 11.9. The molecule has 3 aromatic carbocycles. The quantitative estimate of drug-likeness (QED) is 0.0796. The monoisotopic (exact) mass is 912 g/mol. The van der Waals surface area contributed by atoms with E-state index in [-0.39, 0.29) is 42.5 Å². The molecule has 0 bridgehead atoms. The Hall–Kier alpha value is -4.38. The molecular weight excluding hydrogens is 857 g/mol. The number of carbonyl (C=O) groups excluding carboxylic acids is 1. The summed E-state index contributed by atoms with van der Waals surface area (Å²) in [6.07, 6.45) is 11.5. The topological polar surface area (TPSA) is 76.2 Å². The number of benzene rings is 3. The van der Waals surface area contributed by atoms with E-state index in [1.54, 1.807) is 0 Å². The van der Waals surface area contributed by atoms with Crippen molar-refractivity contribution in [2.45, 2.75) is 100 Å². The molecule has 55 heavy (non-hydrogen) atoms. The van der Waals surface area contributed by atoms with Crippen LogP contribution in [0.3, 0.4) is 0 Å². The van der Waals surface area contributed by atoms with Crippen molar-refractivity contribution < 1.29 is 34.4 Å². The summed E-state index contributed by atoms with van der Waals surface area (Å²) in [5.41, 5.74) is 9.32. The van der Waals surface area contributed by atoms with E-state index in [1.807, 2.05) is 60.0 Å². The van der Waals surface area contributed by atoms with Gasteiger partial charge in [0.05, 0.1) is 5.69 Å². The number of ketones is 1. The van der Waals surface area contributed by atoms with E-state index >= 15 is 0 Å².